The zero-order valence-corrected chi connectivity index (χ0v) is 20.2. The quantitative estimate of drug-likeness (QED) is 0.339. The molecule has 0 amide bonds. The zero-order valence-electron chi connectivity index (χ0n) is 19.4. The molecule has 0 spiro atoms. The highest BCUT2D eigenvalue weighted by Gasteiger charge is 2.33. The van der Waals surface area contributed by atoms with E-state index < -0.39 is 27.2 Å². The third kappa shape index (κ3) is 4.81. The van der Waals surface area contributed by atoms with Crippen LogP contribution in [0.4, 0.5) is 10.3 Å². The summed E-state index contributed by atoms with van der Waals surface area (Å²) in [6.45, 7) is 1.26. The second-order valence-corrected chi connectivity index (χ2v) is 9.53. The largest absolute Gasteiger partial charge is 0.494 e. The maximum Gasteiger partial charge on any atom is 0.243 e. The molecule has 0 aliphatic heterocycles. The van der Waals surface area contributed by atoms with Crippen LogP contribution in [0.5, 0.6) is 11.5 Å². The van der Waals surface area contributed by atoms with Gasteiger partial charge >= 0.3 is 0 Å². The lowest BCUT2D eigenvalue weighted by Crippen LogP contribution is -2.32. The van der Waals surface area contributed by atoms with E-state index in [1.54, 1.807) is 42.7 Å². The van der Waals surface area contributed by atoms with Crippen LogP contribution in [0.2, 0.25) is 0 Å². The molecule has 0 saturated heterocycles. The molecule has 2 atom stereocenters. The Kier molecular flexibility index (Phi) is 7.07. The standard InChI is InChI=1S/C22H22FN7O5S/c1-13(19(31)20-25-11-15(23)12-26-20)36(32,33)29-22-28-27-21(14-6-5-9-24-10-14)30(22)18-16(34-2)7-4-8-17(18)35-3/h4-13,19,31H,1-3H3,(H,28,29)/t13-,19-/m1/s1. The molecular formula is C22H22FN7O5S. The van der Waals surface area contributed by atoms with Crippen molar-refractivity contribution in [2.24, 2.45) is 0 Å². The number of rotatable bonds is 9. The van der Waals surface area contributed by atoms with Gasteiger partial charge in [-0.3, -0.25) is 14.3 Å². The SMILES string of the molecule is COc1cccc(OC)c1-n1c(NS(=O)(=O)[C@H](C)[C@@H](O)c2ncc(F)cn2)nnc1-c1cccnc1. The minimum absolute atomic E-state index is 0.198. The summed E-state index contributed by atoms with van der Waals surface area (Å²) in [7, 11) is -1.39. The molecule has 12 nitrogen and oxygen atoms in total. The molecule has 0 bridgehead atoms. The summed E-state index contributed by atoms with van der Waals surface area (Å²) in [6.07, 6.45) is 3.14. The van der Waals surface area contributed by atoms with E-state index in [2.05, 4.69) is 29.9 Å². The van der Waals surface area contributed by atoms with E-state index >= 15 is 0 Å². The van der Waals surface area contributed by atoms with Crippen LogP contribution in [-0.4, -0.2) is 62.7 Å². The summed E-state index contributed by atoms with van der Waals surface area (Å²) < 4.78 is 54.5. The van der Waals surface area contributed by atoms with Crippen molar-refractivity contribution in [2.45, 2.75) is 18.3 Å². The van der Waals surface area contributed by atoms with Gasteiger partial charge in [-0.05, 0) is 31.2 Å². The Morgan fingerprint density at radius 3 is 2.28 bits per heavy atom. The first-order chi connectivity index (χ1) is 17.3. The molecule has 0 fully saturated rings. The predicted molar refractivity (Wildman–Crippen MR) is 127 cm³/mol. The van der Waals surface area contributed by atoms with Crippen LogP contribution in [0.3, 0.4) is 0 Å². The van der Waals surface area contributed by atoms with Crippen molar-refractivity contribution in [1.82, 2.24) is 29.7 Å². The number of sulfonamides is 1. The van der Waals surface area contributed by atoms with Crippen molar-refractivity contribution < 1.29 is 27.4 Å². The highest BCUT2D eigenvalue weighted by atomic mass is 32.2. The number of aliphatic hydroxyl groups is 1. The average Bonchev–Trinajstić information content (AvgIpc) is 3.30. The lowest BCUT2D eigenvalue weighted by Gasteiger charge is -2.20. The molecule has 1 aromatic carbocycles. The lowest BCUT2D eigenvalue weighted by atomic mass is 10.2. The molecule has 4 rings (SSSR count). The molecule has 14 heteroatoms. The van der Waals surface area contributed by atoms with E-state index in [-0.39, 0.29) is 17.6 Å². The van der Waals surface area contributed by atoms with Crippen LogP contribution in [0.1, 0.15) is 18.9 Å². The van der Waals surface area contributed by atoms with E-state index in [0.29, 0.717) is 22.7 Å². The zero-order chi connectivity index (χ0) is 25.9. The fraction of sp³-hybridized carbons (Fsp3) is 0.227. The number of aliphatic hydroxyl groups excluding tert-OH is 1. The number of anilines is 1. The molecule has 188 valence electrons. The molecule has 0 unspecified atom stereocenters. The molecule has 0 aliphatic carbocycles. The molecule has 3 heterocycles. The van der Waals surface area contributed by atoms with Gasteiger partial charge in [0.05, 0.1) is 26.6 Å². The fourth-order valence-corrected chi connectivity index (χ4v) is 4.40. The van der Waals surface area contributed by atoms with Gasteiger partial charge in [-0.1, -0.05) is 6.07 Å². The maximum absolute atomic E-state index is 13.3. The summed E-state index contributed by atoms with van der Waals surface area (Å²) >= 11 is 0. The van der Waals surface area contributed by atoms with Crippen LogP contribution < -0.4 is 14.2 Å². The number of para-hydroxylation sites is 1. The number of halogens is 1. The van der Waals surface area contributed by atoms with Gasteiger partial charge in [0.1, 0.15) is 28.5 Å². The summed E-state index contributed by atoms with van der Waals surface area (Å²) in [5.74, 6) is -0.214. The number of hydrogen-bond acceptors (Lipinski definition) is 10. The van der Waals surface area contributed by atoms with Gasteiger partial charge < -0.3 is 14.6 Å². The smallest absolute Gasteiger partial charge is 0.243 e. The van der Waals surface area contributed by atoms with Gasteiger partial charge in [-0.2, -0.15) is 0 Å². The van der Waals surface area contributed by atoms with Crippen molar-refractivity contribution in [1.29, 1.82) is 0 Å². The Bertz CT molecular complexity index is 1430. The summed E-state index contributed by atoms with van der Waals surface area (Å²) in [4.78, 5) is 11.4. The highest BCUT2D eigenvalue weighted by Crippen LogP contribution is 2.37. The molecular weight excluding hydrogens is 493 g/mol. The molecule has 0 radical (unpaired) electrons. The molecule has 0 saturated carbocycles. The summed E-state index contributed by atoms with van der Waals surface area (Å²) in [6, 6.07) is 8.47. The Morgan fingerprint density at radius 2 is 1.69 bits per heavy atom. The van der Waals surface area contributed by atoms with Gasteiger partial charge in [-0.15, -0.1) is 10.2 Å². The average molecular weight is 516 g/mol. The first-order valence-electron chi connectivity index (χ1n) is 10.5. The topological polar surface area (TPSA) is 154 Å². The molecule has 4 aromatic rings. The number of hydrogen-bond donors (Lipinski definition) is 2. The third-order valence-corrected chi connectivity index (χ3v) is 6.98. The first kappa shape index (κ1) is 24.9. The number of aromatic nitrogens is 6. The van der Waals surface area contributed by atoms with E-state index in [9.17, 15) is 17.9 Å². The fourth-order valence-electron chi connectivity index (χ4n) is 3.37. The Labute approximate surface area is 205 Å². The second kappa shape index (κ2) is 10.2. The maximum atomic E-state index is 13.3. The predicted octanol–water partition coefficient (Wildman–Crippen LogP) is 2.14. The van der Waals surface area contributed by atoms with Crippen LogP contribution in [0.25, 0.3) is 17.1 Å². The monoisotopic (exact) mass is 515 g/mol. The van der Waals surface area contributed by atoms with Crippen molar-refractivity contribution in [3.63, 3.8) is 0 Å². The molecule has 2 N–H and O–H groups in total. The number of nitrogens with zero attached hydrogens (tertiary/aromatic N) is 6. The van der Waals surface area contributed by atoms with Crippen LogP contribution in [0.15, 0.2) is 55.1 Å². The van der Waals surface area contributed by atoms with E-state index in [1.807, 2.05) is 0 Å². The highest BCUT2D eigenvalue weighted by molar-refractivity contribution is 7.93. The minimum atomic E-state index is -4.30. The second-order valence-electron chi connectivity index (χ2n) is 7.49. The number of nitrogens with one attached hydrogen (secondary N) is 1. The number of pyridine rings is 1. The molecule has 0 aliphatic rings. The van der Waals surface area contributed by atoms with Crippen LogP contribution in [-0.2, 0) is 10.0 Å². The molecule has 36 heavy (non-hydrogen) atoms. The Hall–Kier alpha value is -4.17. The van der Waals surface area contributed by atoms with Crippen LogP contribution >= 0.6 is 0 Å². The minimum Gasteiger partial charge on any atom is -0.494 e. The van der Waals surface area contributed by atoms with Gasteiger partial charge in [-0.25, -0.2) is 22.8 Å². The number of methoxy groups -OCH3 is 2. The number of ether oxygens (including phenoxy) is 2. The summed E-state index contributed by atoms with van der Waals surface area (Å²) in [5, 5.41) is 17.3. The lowest BCUT2D eigenvalue weighted by molar-refractivity contribution is 0.166. The van der Waals surface area contributed by atoms with E-state index in [4.69, 9.17) is 9.47 Å². The Balaban J connectivity index is 1.81. The van der Waals surface area contributed by atoms with Gasteiger partial charge in [0.25, 0.3) is 0 Å². The van der Waals surface area contributed by atoms with E-state index in [1.165, 1.54) is 25.7 Å². The van der Waals surface area contributed by atoms with Gasteiger partial charge in [0, 0.05) is 18.0 Å². The van der Waals surface area contributed by atoms with Gasteiger partial charge in [0.2, 0.25) is 16.0 Å². The number of benzene rings is 1. The third-order valence-electron chi connectivity index (χ3n) is 5.28. The van der Waals surface area contributed by atoms with Crippen molar-refractivity contribution in [3.8, 4) is 28.6 Å². The summed E-state index contributed by atoms with van der Waals surface area (Å²) in [5.41, 5.74) is 0.871. The van der Waals surface area contributed by atoms with Crippen molar-refractivity contribution >= 4 is 16.0 Å². The Morgan fingerprint density at radius 1 is 1.03 bits per heavy atom. The van der Waals surface area contributed by atoms with E-state index in [0.717, 1.165) is 12.4 Å². The van der Waals surface area contributed by atoms with Crippen molar-refractivity contribution in [2.75, 3.05) is 18.9 Å². The van der Waals surface area contributed by atoms with Crippen molar-refractivity contribution in [3.05, 3.63) is 66.8 Å². The van der Waals surface area contributed by atoms with Crippen LogP contribution in [0, 0.1) is 5.82 Å². The van der Waals surface area contributed by atoms with Gasteiger partial charge in [0.15, 0.2) is 17.5 Å². The first-order valence-corrected chi connectivity index (χ1v) is 12.1. The molecule has 3 aromatic heterocycles. The normalized spacial score (nSPS) is 13.1.